The van der Waals surface area contributed by atoms with Crippen LogP contribution in [0.2, 0.25) is 0 Å². The average Bonchev–Trinajstić information content (AvgIpc) is 2.66. The average molecular weight is 356 g/mol. The molecule has 1 aromatic carbocycles. The quantitative estimate of drug-likeness (QED) is 0.720. The first kappa shape index (κ1) is 18.5. The molecule has 26 heavy (non-hydrogen) atoms. The van der Waals surface area contributed by atoms with Crippen molar-refractivity contribution in [1.29, 1.82) is 0 Å². The lowest BCUT2D eigenvalue weighted by molar-refractivity contribution is -0.136. The molecule has 0 amide bonds. The van der Waals surface area contributed by atoms with E-state index in [4.69, 9.17) is 9.84 Å². The van der Waals surface area contributed by atoms with Crippen LogP contribution in [0.1, 0.15) is 32.1 Å². The van der Waals surface area contributed by atoms with E-state index in [0.717, 1.165) is 36.6 Å². The van der Waals surface area contributed by atoms with Crippen LogP contribution >= 0.6 is 0 Å². The first-order chi connectivity index (χ1) is 12.7. The minimum Gasteiger partial charge on any atom is -0.494 e. The number of allylic oxidation sites excluding steroid dienone is 2. The van der Waals surface area contributed by atoms with Crippen molar-refractivity contribution in [2.45, 2.75) is 32.1 Å². The van der Waals surface area contributed by atoms with Gasteiger partial charge in [-0.1, -0.05) is 12.5 Å². The molecular weight excluding hydrogens is 328 g/mol. The van der Waals surface area contributed by atoms with Crippen molar-refractivity contribution in [3.05, 3.63) is 48.2 Å². The summed E-state index contributed by atoms with van der Waals surface area (Å²) in [5.74, 6) is 0.0921. The Kier molecular flexibility index (Phi) is 6.72. The maximum Gasteiger partial charge on any atom is 0.307 e. The summed E-state index contributed by atoms with van der Waals surface area (Å²) in [4.78, 5) is 15.5. The maximum atomic E-state index is 10.9. The number of benzene rings is 1. The first-order valence-electron chi connectivity index (χ1n) is 9.50. The number of nitrogens with zero attached hydrogens (tertiary/aromatic N) is 2. The van der Waals surface area contributed by atoms with E-state index in [1.165, 1.54) is 32.4 Å². The number of anilines is 1. The van der Waals surface area contributed by atoms with Crippen molar-refractivity contribution in [3.8, 4) is 5.75 Å². The van der Waals surface area contributed by atoms with Gasteiger partial charge in [-0.2, -0.15) is 0 Å². The number of carbonyl (C=O) groups is 1. The van der Waals surface area contributed by atoms with E-state index in [-0.39, 0.29) is 6.42 Å². The molecule has 0 bridgehead atoms. The minimum atomic E-state index is -0.792. The zero-order valence-corrected chi connectivity index (χ0v) is 15.3. The van der Waals surface area contributed by atoms with Crippen LogP contribution in [0, 0.1) is 0 Å². The smallest absolute Gasteiger partial charge is 0.307 e. The van der Waals surface area contributed by atoms with Gasteiger partial charge in [-0.15, -0.1) is 0 Å². The van der Waals surface area contributed by atoms with Crippen LogP contribution in [-0.2, 0) is 4.79 Å². The van der Waals surface area contributed by atoms with Crippen molar-refractivity contribution in [3.63, 3.8) is 0 Å². The van der Waals surface area contributed by atoms with Gasteiger partial charge in [-0.25, -0.2) is 0 Å². The molecule has 0 radical (unpaired) electrons. The SMILES string of the molecule is O=C(O)CC1=CC=CN(c2ccc(OCCCN3CCCCC3)cc2)C1. The summed E-state index contributed by atoms with van der Waals surface area (Å²) >= 11 is 0. The van der Waals surface area contributed by atoms with Crippen LogP contribution in [0.3, 0.4) is 0 Å². The molecule has 3 rings (SSSR count). The topological polar surface area (TPSA) is 53.0 Å². The number of carboxylic acid groups (broad SMARTS) is 1. The van der Waals surface area contributed by atoms with E-state index >= 15 is 0 Å². The predicted octanol–water partition coefficient (Wildman–Crippen LogP) is 3.68. The Morgan fingerprint density at radius 3 is 2.62 bits per heavy atom. The first-order valence-corrected chi connectivity index (χ1v) is 9.50. The Bertz CT molecular complexity index is 646. The molecule has 0 unspecified atom stereocenters. The van der Waals surface area contributed by atoms with Crippen LogP contribution in [0.4, 0.5) is 5.69 Å². The van der Waals surface area contributed by atoms with Crippen LogP contribution in [-0.4, -0.2) is 48.8 Å². The molecule has 0 aliphatic carbocycles. The molecule has 5 nitrogen and oxygen atoms in total. The van der Waals surface area contributed by atoms with Gasteiger partial charge >= 0.3 is 5.97 Å². The van der Waals surface area contributed by atoms with E-state index in [1.807, 2.05) is 42.6 Å². The van der Waals surface area contributed by atoms with Crippen molar-refractivity contribution in [1.82, 2.24) is 4.90 Å². The molecule has 2 aliphatic heterocycles. The molecule has 0 atom stereocenters. The molecule has 140 valence electrons. The monoisotopic (exact) mass is 356 g/mol. The highest BCUT2D eigenvalue weighted by Gasteiger charge is 2.12. The lowest BCUT2D eigenvalue weighted by Crippen LogP contribution is -2.31. The summed E-state index contributed by atoms with van der Waals surface area (Å²) in [5.41, 5.74) is 1.94. The Morgan fingerprint density at radius 2 is 1.88 bits per heavy atom. The van der Waals surface area contributed by atoms with E-state index in [0.29, 0.717) is 6.54 Å². The summed E-state index contributed by atoms with van der Waals surface area (Å²) in [6, 6.07) is 8.01. The molecule has 2 aliphatic rings. The summed E-state index contributed by atoms with van der Waals surface area (Å²) in [7, 11) is 0. The van der Waals surface area contributed by atoms with Gasteiger partial charge in [0.05, 0.1) is 13.0 Å². The fourth-order valence-electron chi connectivity index (χ4n) is 3.49. The molecule has 2 heterocycles. The zero-order chi connectivity index (χ0) is 18.2. The van der Waals surface area contributed by atoms with Gasteiger partial charge in [-0.05, 0) is 68.3 Å². The van der Waals surface area contributed by atoms with Crippen molar-refractivity contribution >= 4 is 11.7 Å². The Balaban J connectivity index is 1.42. The predicted molar refractivity (Wildman–Crippen MR) is 104 cm³/mol. The van der Waals surface area contributed by atoms with Crippen molar-refractivity contribution < 1.29 is 14.6 Å². The van der Waals surface area contributed by atoms with Crippen LogP contribution in [0.15, 0.2) is 48.2 Å². The maximum absolute atomic E-state index is 10.9. The second-order valence-corrected chi connectivity index (χ2v) is 6.96. The second-order valence-electron chi connectivity index (χ2n) is 6.96. The summed E-state index contributed by atoms with van der Waals surface area (Å²) in [6.07, 6.45) is 10.9. The standard InChI is InChI=1S/C21H28N2O3/c24-21(25)16-18-6-4-14-23(17-18)19-7-9-20(10-8-19)26-15-5-13-22-11-2-1-3-12-22/h4,6-10,14H,1-3,5,11-13,15-17H2,(H,24,25). The fourth-order valence-corrected chi connectivity index (χ4v) is 3.49. The molecule has 1 fully saturated rings. The summed E-state index contributed by atoms with van der Waals surface area (Å²) in [6.45, 7) is 4.94. The van der Waals surface area contributed by atoms with Gasteiger partial charge in [0.25, 0.3) is 0 Å². The molecule has 5 heteroatoms. The second kappa shape index (κ2) is 9.43. The highest BCUT2D eigenvalue weighted by Crippen LogP contribution is 2.23. The summed E-state index contributed by atoms with van der Waals surface area (Å²) in [5, 5.41) is 8.94. The summed E-state index contributed by atoms with van der Waals surface area (Å²) < 4.78 is 5.86. The van der Waals surface area contributed by atoms with Gasteiger partial charge in [-0.3, -0.25) is 4.79 Å². The third-order valence-corrected chi connectivity index (χ3v) is 4.85. The molecule has 1 N–H and O–H groups in total. The molecule has 0 aromatic heterocycles. The van der Waals surface area contributed by atoms with Crippen molar-refractivity contribution in [2.24, 2.45) is 0 Å². The largest absolute Gasteiger partial charge is 0.494 e. The van der Waals surface area contributed by atoms with Gasteiger partial charge < -0.3 is 19.6 Å². The fraction of sp³-hybridized carbons (Fsp3) is 0.476. The number of hydrogen-bond acceptors (Lipinski definition) is 4. The van der Waals surface area contributed by atoms with E-state index in [2.05, 4.69) is 9.80 Å². The molecule has 1 saturated heterocycles. The number of likely N-dealkylation sites (tertiary alicyclic amines) is 1. The number of carboxylic acids is 1. The van der Waals surface area contributed by atoms with Gasteiger partial charge in [0, 0.05) is 25.0 Å². The van der Waals surface area contributed by atoms with Crippen LogP contribution in [0.5, 0.6) is 5.75 Å². The van der Waals surface area contributed by atoms with Crippen LogP contribution in [0.25, 0.3) is 0 Å². The number of ether oxygens (including phenoxy) is 1. The zero-order valence-electron chi connectivity index (χ0n) is 15.3. The lowest BCUT2D eigenvalue weighted by atomic mass is 10.1. The lowest BCUT2D eigenvalue weighted by Gasteiger charge is -2.26. The van der Waals surface area contributed by atoms with Crippen LogP contribution < -0.4 is 9.64 Å². The van der Waals surface area contributed by atoms with E-state index in [9.17, 15) is 4.79 Å². The molecular formula is C21H28N2O3. The number of piperidine rings is 1. The molecule has 0 spiro atoms. The Labute approximate surface area is 155 Å². The number of hydrogen-bond donors (Lipinski definition) is 1. The number of aliphatic carboxylic acids is 1. The Morgan fingerprint density at radius 1 is 1.12 bits per heavy atom. The normalized spacial score (nSPS) is 17.8. The number of rotatable bonds is 8. The molecule has 1 aromatic rings. The van der Waals surface area contributed by atoms with Crippen molar-refractivity contribution in [2.75, 3.05) is 37.7 Å². The van der Waals surface area contributed by atoms with E-state index in [1.54, 1.807) is 0 Å². The highest BCUT2D eigenvalue weighted by atomic mass is 16.5. The minimum absolute atomic E-state index is 0.0824. The van der Waals surface area contributed by atoms with E-state index < -0.39 is 5.97 Å². The van der Waals surface area contributed by atoms with Gasteiger partial charge in [0.15, 0.2) is 0 Å². The van der Waals surface area contributed by atoms with Gasteiger partial charge in [0.1, 0.15) is 5.75 Å². The highest BCUT2D eigenvalue weighted by molar-refractivity contribution is 5.71. The Hall–Kier alpha value is -2.27. The van der Waals surface area contributed by atoms with Gasteiger partial charge in [0.2, 0.25) is 0 Å². The molecule has 0 saturated carbocycles. The third-order valence-electron chi connectivity index (χ3n) is 4.85. The third kappa shape index (κ3) is 5.63.